The van der Waals surface area contributed by atoms with Gasteiger partial charge in [-0.05, 0) is 117 Å². The van der Waals surface area contributed by atoms with Crippen LogP contribution in [0, 0.1) is 34.6 Å². The number of carbonyl (C=O) groups is 1. The lowest BCUT2D eigenvalue weighted by Crippen LogP contribution is -2.17. The van der Waals surface area contributed by atoms with Gasteiger partial charge in [-0.1, -0.05) is 24.3 Å². The average molecular weight is 578 g/mol. The van der Waals surface area contributed by atoms with Crippen LogP contribution in [0.2, 0.25) is 0 Å². The Morgan fingerprint density at radius 1 is 0.575 bits per heavy atom. The van der Waals surface area contributed by atoms with Crippen LogP contribution in [0.4, 0.5) is 17.1 Å². The maximum atomic E-state index is 13.2. The average Bonchev–Trinajstić information content (AvgIpc) is 2.85. The molecule has 0 aliphatic rings. The molecule has 0 saturated carbocycles. The van der Waals surface area contributed by atoms with Crippen molar-refractivity contribution in [2.24, 2.45) is 0 Å². The van der Waals surface area contributed by atoms with Gasteiger partial charge in [-0.15, -0.1) is 0 Å². The third-order valence-electron chi connectivity index (χ3n) is 6.27. The molecule has 3 N–H and O–H groups in total. The number of aryl methyl sites for hydroxylation is 5. The second-order valence-electron chi connectivity index (χ2n) is 9.86. The number of benzene rings is 4. The van der Waals surface area contributed by atoms with Crippen molar-refractivity contribution in [3.63, 3.8) is 0 Å². The van der Waals surface area contributed by atoms with E-state index in [-0.39, 0.29) is 15.4 Å². The normalized spacial score (nSPS) is 11.6. The summed E-state index contributed by atoms with van der Waals surface area (Å²) in [6.07, 6.45) is 0. The van der Waals surface area contributed by atoms with Gasteiger partial charge in [-0.3, -0.25) is 14.2 Å². The summed E-state index contributed by atoms with van der Waals surface area (Å²) in [5.74, 6) is -0.535. The van der Waals surface area contributed by atoms with Gasteiger partial charge in [0.15, 0.2) is 0 Å². The molecule has 8 nitrogen and oxygen atoms in total. The van der Waals surface area contributed by atoms with E-state index in [2.05, 4.69) is 14.8 Å². The smallest absolute Gasteiger partial charge is 0.262 e. The highest BCUT2D eigenvalue weighted by atomic mass is 32.2. The molecule has 208 valence electrons. The number of amides is 1. The second kappa shape index (κ2) is 11.1. The zero-order valence-corrected chi connectivity index (χ0v) is 24.5. The van der Waals surface area contributed by atoms with Gasteiger partial charge < -0.3 is 5.32 Å². The van der Waals surface area contributed by atoms with E-state index in [1.165, 1.54) is 36.4 Å². The van der Waals surface area contributed by atoms with Gasteiger partial charge in [-0.25, -0.2) is 16.8 Å². The molecular weight excluding hydrogens is 546 g/mol. The van der Waals surface area contributed by atoms with Crippen molar-refractivity contribution in [2.75, 3.05) is 14.8 Å². The van der Waals surface area contributed by atoms with Gasteiger partial charge in [0.2, 0.25) is 0 Å². The molecule has 4 aromatic rings. The lowest BCUT2D eigenvalue weighted by Gasteiger charge is -2.14. The molecule has 0 aliphatic carbocycles. The number of anilines is 3. The maximum absolute atomic E-state index is 13.2. The van der Waals surface area contributed by atoms with Gasteiger partial charge in [0.05, 0.1) is 15.5 Å². The first kappa shape index (κ1) is 28.8. The number of sulfonamides is 2. The maximum Gasteiger partial charge on any atom is 0.262 e. The number of rotatable bonds is 8. The highest BCUT2D eigenvalue weighted by Gasteiger charge is 2.20. The van der Waals surface area contributed by atoms with Crippen LogP contribution in [-0.4, -0.2) is 22.7 Å². The Labute approximate surface area is 235 Å². The Bertz CT molecular complexity index is 1790. The van der Waals surface area contributed by atoms with E-state index in [9.17, 15) is 21.6 Å². The third kappa shape index (κ3) is 6.70. The summed E-state index contributed by atoms with van der Waals surface area (Å²) in [4.78, 5) is 13.0. The van der Waals surface area contributed by atoms with E-state index in [0.717, 1.165) is 22.3 Å². The summed E-state index contributed by atoms with van der Waals surface area (Å²) in [7, 11) is -7.81. The lowest BCUT2D eigenvalue weighted by molar-refractivity contribution is 0.102. The predicted octanol–water partition coefficient (Wildman–Crippen LogP) is 6.08. The van der Waals surface area contributed by atoms with Gasteiger partial charge in [0.1, 0.15) is 0 Å². The van der Waals surface area contributed by atoms with E-state index < -0.39 is 26.0 Å². The number of nitrogens with one attached hydrogen (secondary N) is 3. The van der Waals surface area contributed by atoms with Crippen LogP contribution >= 0.6 is 0 Å². The third-order valence-corrected chi connectivity index (χ3v) is 9.18. The zero-order valence-electron chi connectivity index (χ0n) is 22.9. The van der Waals surface area contributed by atoms with Gasteiger partial charge >= 0.3 is 0 Å². The summed E-state index contributed by atoms with van der Waals surface area (Å²) in [6, 6.07) is 21.1. The molecular formula is C30H31N3O5S2. The zero-order chi connectivity index (χ0) is 29.2. The molecule has 0 atom stereocenters. The van der Waals surface area contributed by atoms with Crippen LogP contribution < -0.4 is 14.8 Å². The SMILES string of the molecule is Cc1cc(C)cc(NS(=O)(=O)c2cc(C(=O)Nc3ccc(S(=O)(=O)Nc4cc(C)ccc4C)cc3)ccc2C)c1. The van der Waals surface area contributed by atoms with E-state index in [4.69, 9.17) is 0 Å². The molecule has 40 heavy (non-hydrogen) atoms. The standard InChI is InChI=1S/C30H31N3O5S2/c1-19-6-7-22(4)28(17-19)33-39(35,36)27-12-10-25(11-13-27)31-30(34)24-9-8-23(5)29(18-24)40(37,38)32-26-15-20(2)14-21(3)16-26/h6-18,32-33H,1-5H3,(H,31,34). The molecule has 4 aromatic carbocycles. The predicted molar refractivity (Wildman–Crippen MR) is 159 cm³/mol. The molecule has 0 aliphatic heterocycles. The summed E-state index contributed by atoms with van der Waals surface area (Å²) in [5, 5.41) is 2.70. The van der Waals surface area contributed by atoms with Crippen molar-refractivity contribution in [3.05, 3.63) is 112 Å². The topological polar surface area (TPSA) is 121 Å². The molecule has 0 heterocycles. The minimum absolute atomic E-state index is 0.0155. The van der Waals surface area contributed by atoms with Crippen molar-refractivity contribution in [3.8, 4) is 0 Å². The molecule has 0 unspecified atom stereocenters. The molecule has 0 saturated heterocycles. The molecule has 0 bridgehead atoms. The van der Waals surface area contributed by atoms with Crippen molar-refractivity contribution in [1.29, 1.82) is 0 Å². The summed E-state index contributed by atoms with van der Waals surface area (Å²) in [6.45, 7) is 9.11. The van der Waals surface area contributed by atoms with Gasteiger partial charge in [0.25, 0.3) is 26.0 Å². The van der Waals surface area contributed by atoms with Crippen LogP contribution in [0.5, 0.6) is 0 Å². The minimum atomic E-state index is -3.96. The molecule has 4 rings (SSSR count). The fourth-order valence-electron chi connectivity index (χ4n) is 4.24. The quantitative estimate of drug-likeness (QED) is 0.234. The Kier molecular flexibility index (Phi) is 8.04. The van der Waals surface area contributed by atoms with Crippen molar-refractivity contribution >= 4 is 43.0 Å². The Balaban J connectivity index is 1.51. The first-order chi connectivity index (χ1) is 18.7. The van der Waals surface area contributed by atoms with Gasteiger partial charge in [0, 0.05) is 16.9 Å². The highest BCUT2D eigenvalue weighted by molar-refractivity contribution is 7.93. The van der Waals surface area contributed by atoms with E-state index in [1.807, 2.05) is 45.9 Å². The van der Waals surface area contributed by atoms with Crippen molar-refractivity contribution < 1.29 is 21.6 Å². The van der Waals surface area contributed by atoms with Crippen LogP contribution in [0.1, 0.15) is 38.2 Å². The Hall–Kier alpha value is -4.15. The van der Waals surface area contributed by atoms with Crippen LogP contribution in [0.3, 0.4) is 0 Å². The lowest BCUT2D eigenvalue weighted by atomic mass is 10.1. The van der Waals surface area contributed by atoms with Crippen LogP contribution in [-0.2, 0) is 20.0 Å². The second-order valence-corrected chi connectivity index (χ2v) is 13.2. The number of hydrogen-bond donors (Lipinski definition) is 3. The largest absolute Gasteiger partial charge is 0.322 e. The van der Waals surface area contributed by atoms with Crippen LogP contribution in [0.15, 0.2) is 88.7 Å². The number of carbonyl (C=O) groups excluding carboxylic acids is 1. The molecule has 0 aromatic heterocycles. The first-order valence-corrected chi connectivity index (χ1v) is 15.4. The molecule has 0 spiro atoms. The van der Waals surface area contributed by atoms with Crippen LogP contribution in [0.25, 0.3) is 0 Å². The van der Waals surface area contributed by atoms with E-state index in [0.29, 0.717) is 22.6 Å². The molecule has 1 amide bonds. The fourth-order valence-corrected chi connectivity index (χ4v) is 6.68. The summed E-state index contributed by atoms with van der Waals surface area (Å²) < 4.78 is 57.3. The van der Waals surface area contributed by atoms with Gasteiger partial charge in [-0.2, -0.15) is 0 Å². The summed E-state index contributed by atoms with van der Waals surface area (Å²) >= 11 is 0. The highest BCUT2D eigenvalue weighted by Crippen LogP contribution is 2.25. The van der Waals surface area contributed by atoms with Crippen molar-refractivity contribution in [2.45, 2.75) is 44.4 Å². The van der Waals surface area contributed by atoms with E-state index in [1.54, 1.807) is 31.2 Å². The first-order valence-electron chi connectivity index (χ1n) is 12.5. The Morgan fingerprint density at radius 2 is 1.20 bits per heavy atom. The Morgan fingerprint density at radius 3 is 1.85 bits per heavy atom. The van der Waals surface area contributed by atoms with E-state index >= 15 is 0 Å². The van der Waals surface area contributed by atoms with Crippen molar-refractivity contribution in [1.82, 2.24) is 0 Å². The molecule has 10 heteroatoms. The molecule has 0 fully saturated rings. The molecule has 0 radical (unpaired) electrons. The fraction of sp³-hybridized carbons (Fsp3) is 0.167. The minimum Gasteiger partial charge on any atom is -0.322 e. The number of hydrogen-bond acceptors (Lipinski definition) is 5. The monoisotopic (exact) mass is 577 g/mol. The summed E-state index contributed by atoms with van der Waals surface area (Å²) in [5.41, 5.74) is 5.47.